The summed E-state index contributed by atoms with van der Waals surface area (Å²) in [5.41, 5.74) is -0.603. The number of aliphatic hydroxyl groups excluding tert-OH is 2. The van der Waals surface area contributed by atoms with Crippen LogP contribution >= 0.6 is 0 Å². The molecule has 2 atom stereocenters. The molecule has 0 saturated carbocycles. The van der Waals surface area contributed by atoms with Gasteiger partial charge in [-0.25, -0.2) is 9.59 Å². The van der Waals surface area contributed by atoms with Crippen LogP contribution in [0.1, 0.15) is 22.0 Å². The van der Waals surface area contributed by atoms with Crippen molar-refractivity contribution in [3.63, 3.8) is 0 Å². The van der Waals surface area contributed by atoms with E-state index >= 15 is 0 Å². The third kappa shape index (κ3) is 2.71. The summed E-state index contributed by atoms with van der Waals surface area (Å²) in [6.07, 6.45) is -4.06. The van der Waals surface area contributed by atoms with Gasteiger partial charge in [0, 0.05) is 5.56 Å². The first kappa shape index (κ1) is 12.9. The molecule has 0 aliphatic carbocycles. The molecule has 0 aromatic heterocycles. The minimum atomic E-state index is -2.15. The lowest BCUT2D eigenvalue weighted by molar-refractivity contribution is -0.153. The zero-order valence-corrected chi connectivity index (χ0v) is 8.44. The molecular weight excluding hydrogens is 232 g/mol. The van der Waals surface area contributed by atoms with Crippen molar-refractivity contribution in [1.82, 2.24) is 0 Å². The van der Waals surface area contributed by atoms with E-state index in [2.05, 4.69) is 0 Å². The van der Waals surface area contributed by atoms with Crippen molar-refractivity contribution in [3.05, 3.63) is 29.3 Å². The molecule has 7 heteroatoms. The predicted octanol–water partition coefficient (Wildman–Crippen LogP) is -0.431. The third-order valence-electron chi connectivity index (χ3n) is 2.15. The summed E-state index contributed by atoms with van der Waals surface area (Å²) in [6.45, 7) is 0. The standard InChI is InChI=1S/C10H10O7/c11-6-2-1-4(9(14)15)3-5(6)7(12)8(13)10(16)17/h1-3,7-8,11-13H,(H,14,15)(H,16,17). The number of carboxylic acids is 2. The molecule has 2 unspecified atom stereocenters. The van der Waals surface area contributed by atoms with Gasteiger partial charge in [-0.1, -0.05) is 0 Å². The first-order valence-electron chi connectivity index (χ1n) is 4.49. The monoisotopic (exact) mass is 242 g/mol. The van der Waals surface area contributed by atoms with E-state index in [1.54, 1.807) is 0 Å². The Balaban J connectivity index is 3.16. The molecule has 0 amide bonds. The summed E-state index contributed by atoms with van der Waals surface area (Å²) < 4.78 is 0. The fraction of sp³-hybridized carbons (Fsp3) is 0.200. The van der Waals surface area contributed by atoms with Crippen molar-refractivity contribution < 1.29 is 35.1 Å². The van der Waals surface area contributed by atoms with Crippen molar-refractivity contribution in [2.24, 2.45) is 0 Å². The van der Waals surface area contributed by atoms with Crippen LogP contribution in [-0.4, -0.2) is 43.6 Å². The number of benzene rings is 1. The largest absolute Gasteiger partial charge is 0.508 e. The van der Waals surface area contributed by atoms with Crippen LogP contribution < -0.4 is 0 Å². The molecule has 1 aromatic rings. The molecule has 0 bridgehead atoms. The number of carbonyl (C=O) groups is 2. The lowest BCUT2D eigenvalue weighted by atomic mass is 10.0. The highest BCUT2D eigenvalue weighted by Gasteiger charge is 2.27. The van der Waals surface area contributed by atoms with Crippen molar-refractivity contribution in [2.75, 3.05) is 0 Å². The normalized spacial score (nSPS) is 14.0. The highest BCUT2D eigenvalue weighted by molar-refractivity contribution is 5.88. The lowest BCUT2D eigenvalue weighted by Gasteiger charge is -2.15. The van der Waals surface area contributed by atoms with E-state index in [0.29, 0.717) is 0 Å². The molecule has 0 fully saturated rings. The minimum Gasteiger partial charge on any atom is -0.508 e. The van der Waals surface area contributed by atoms with Crippen LogP contribution in [0.15, 0.2) is 18.2 Å². The summed E-state index contributed by atoms with van der Waals surface area (Å²) in [7, 11) is 0. The first-order valence-corrected chi connectivity index (χ1v) is 4.49. The fourth-order valence-electron chi connectivity index (χ4n) is 1.23. The topological polar surface area (TPSA) is 135 Å². The zero-order chi connectivity index (χ0) is 13.2. The number of hydrogen-bond donors (Lipinski definition) is 5. The fourth-order valence-corrected chi connectivity index (χ4v) is 1.23. The van der Waals surface area contributed by atoms with Crippen molar-refractivity contribution in [1.29, 1.82) is 0 Å². The number of aromatic carboxylic acids is 1. The van der Waals surface area contributed by atoms with Crippen LogP contribution in [0.2, 0.25) is 0 Å². The van der Waals surface area contributed by atoms with Crippen molar-refractivity contribution >= 4 is 11.9 Å². The average molecular weight is 242 g/mol. The molecule has 92 valence electrons. The molecule has 1 aromatic carbocycles. The number of carboxylic acid groups (broad SMARTS) is 2. The van der Waals surface area contributed by atoms with Crippen LogP contribution in [0, 0.1) is 0 Å². The molecule has 0 aliphatic rings. The second-order valence-corrected chi connectivity index (χ2v) is 3.31. The van der Waals surface area contributed by atoms with Gasteiger partial charge in [0.2, 0.25) is 0 Å². The Hall–Kier alpha value is -2.12. The highest BCUT2D eigenvalue weighted by atomic mass is 16.4. The number of phenolic OH excluding ortho intramolecular Hbond substituents is 1. The van der Waals surface area contributed by atoms with Gasteiger partial charge < -0.3 is 25.5 Å². The number of rotatable bonds is 4. The second-order valence-electron chi connectivity index (χ2n) is 3.31. The molecule has 0 saturated heterocycles. The zero-order valence-electron chi connectivity index (χ0n) is 8.44. The molecule has 0 heterocycles. The Kier molecular flexibility index (Phi) is 3.66. The number of hydrogen-bond acceptors (Lipinski definition) is 5. The van der Waals surface area contributed by atoms with Gasteiger partial charge in [0.15, 0.2) is 6.10 Å². The molecule has 7 nitrogen and oxygen atoms in total. The SMILES string of the molecule is O=C(O)c1ccc(O)c(C(O)C(O)C(=O)O)c1. The summed E-state index contributed by atoms with van der Waals surface area (Å²) in [5, 5.41) is 45.1. The van der Waals surface area contributed by atoms with E-state index in [-0.39, 0.29) is 11.1 Å². The molecule has 0 spiro atoms. The summed E-state index contributed by atoms with van der Waals surface area (Å²) >= 11 is 0. The van der Waals surface area contributed by atoms with Crippen LogP contribution in [0.3, 0.4) is 0 Å². The highest BCUT2D eigenvalue weighted by Crippen LogP contribution is 2.27. The predicted molar refractivity (Wildman–Crippen MR) is 53.7 cm³/mol. The second kappa shape index (κ2) is 4.81. The number of aliphatic carboxylic acids is 1. The van der Waals surface area contributed by atoms with Gasteiger partial charge in [0.05, 0.1) is 5.56 Å². The molecule has 17 heavy (non-hydrogen) atoms. The number of aromatic hydroxyl groups is 1. The molecule has 1 rings (SSSR count). The van der Waals surface area contributed by atoms with Gasteiger partial charge >= 0.3 is 11.9 Å². The van der Waals surface area contributed by atoms with Gasteiger partial charge in [0.1, 0.15) is 11.9 Å². The minimum absolute atomic E-state index is 0.241. The lowest BCUT2D eigenvalue weighted by Crippen LogP contribution is -2.27. The summed E-state index contributed by atoms with van der Waals surface area (Å²) in [4.78, 5) is 21.1. The van der Waals surface area contributed by atoms with E-state index in [1.165, 1.54) is 0 Å². The van der Waals surface area contributed by atoms with Gasteiger partial charge in [0.25, 0.3) is 0 Å². The number of phenols is 1. The van der Waals surface area contributed by atoms with Gasteiger partial charge in [-0.3, -0.25) is 0 Å². The summed E-state index contributed by atoms with van der Waals surface area (Å²) in [5.74, 6) is -3.48. The van der Waals surface area contributed by atoms with Gasteiger partial charge in [-0.2, -0.15) is 0 Å². The molecular formula is C10H10O7. The smallest absolute Gasteiger partial charge is 0.335 e. The van der Waals surface area contributed by atoms with E-state index in [9.17, 15) is 19.8 Å². The Morgan fingerprint density at radius 2 is 1.71 bits per heavy atom. The molecule has 0 aliphatic heterocycles. The Morgan fingerprint density at radius 3 is 2.18 bits per heavy atom. The summed E-state index contributed by atoms with van der Waals surface area (Å²) in [6, 6.07) is 2.98. The average Bonchev–Trinajstić information content (AvgIpc) is 2.27. The molecule has 0 radical (unpaired) electrons. The van der Waals surface area contributed by atoms with Crippen molar-refractivity contribution in [3.8, 4) is 5.75 Å². The van der Waals surface area contributed by atoms with Crippen LogP contribution in [0.4, 0.5) is 0 Å². The van der Waals surface area contributed by atoms with Crippen LogP contribution in [0.5, 0.6) is 5.75 Å². The quantitative estimate of drug-likeness (QED) is 0.483. The third-order valence-corrected chi connectivity index (χ3v) is 2.15. The Bertz CT molecular complexity index is 454. The maximum Gasteiger partial charge on any atom is 0.335 e. The Labute approximate surface area is 95.2 Å². The maximum absolute atomic E-state index is 10.6. The van der Waals surface area contributed by atoms with Gasteiger partial charge in [-0.05, 0) is 18.2 Å². The number of aliphatic hydroxyl groups is 2. The van der Waals surface area contributed by atoms with Crippen molar-refractivity contribution in [2.45, 2.75) is 12.2 Å². The van der Waals surface area contributed by atoms with E-state index in [0.717, 1.165) is 18.2 Å². The van der Waals surface area contributed by atoms with E-state index in [1.807, 2.05) is 0 Å². The van der Waals surface area contributed by atoms with E-state index in [4.69, 9.17) is 15.3 Å². The Morgan fingerprint density at radius 1 is 1.12 bits per heavy atom. The first-order chi connectivity index (χ1) is 7.84. The maximum atomic E-state index is 10.6. The molecule has 5 N–H and O–H groups in total. The van der Waals surface area contributed by atoms with E-state index < -0.39 is 29.9 Å². The van der Waals surface area contributed by atoms with Crippen LogP contribution in [0.25, 0.3) is 0 Å². The van der Waals surface area contributed by atoms with Crippen LogP contribution in [-0.2, 0) is 4.79 Å². The van der Waals surface area contributed by atoms with Gasteiger partial charge in [-0.15, -0.1) is 0 Å².